The van der Waals surface area contributed by atoms with Crippen LogP contribution >= 0.6 is 11.3 Å². The molecule has 1 aromatic heterocycles. The van der Waals surface area contributed by atoms with Crippen molar-refractivity contribution in [1.82, 2.24) is 15.2 Å². The average molecular weight is 281 g/mol. The molecule has 1 atom stereocenters. The van der Waals surface area contributed by atoms with E-state index in [1.165, 1.54) is 48.7 Å². The number of rotatable bonds is 7. The molecule has 108 valence electrons. The number of aromatic nitrogens is 1. The van der Waals surface area contributed by atoms with Gasteiger partial charge in [0.1, 0.15) is 0 Å². The Bertz CT molecular complexity index is 375. The van der Waals surface area contributed by atoms with Crippen LogP contribution in [0.2, 0.25) is 0 Å². The van der Waals surface area contributed by atoms with Crippen LogP contribution in [0.4, 0.5) is 0 Å². The van der Waals surface area contributed by atoms with Gasteiger partial charge in [-0.1, -0.05) is 0 Å². The first-order valence-electron chi connectivity index (χ1n) is 7.51. The number of hydrogen-bond acceptors (Lipinski definition) is 4. The SMILES string of the molecule is CNCCCc1cnc(CC2CCN(C(C)C)C2)s1. The molecule has 0 saturated carbocycles. The number of hydrogen-bond donors (Lipinski definition) is 1. The summed E-state index contributed by atoms with van der Waals surface area (Å²) < 4.78 is 0. The normalized spacial score (nSPS) is 20.5. The highest BCUT2D eigenvalue weighted by Crippen LogP contribution is 2.25. The molecule has 2 heterocycles. The Morgan fingerprint density at radius 1 is 1.53 bits per heavy atom. The Balaban J connectivity index is 1.77. The fraction of sp³-hybridized carbons (Fsp3) is 0.800. The molecular formula is C15H27N3S. The van der Waals surface area contributed by atoms with Crippen molar-refractivity contribution in [2.24, 2.45) is 5.92 Å². The fourth-order valence-corrected chi connectivity index (χ4v) is 3.82. The molecule has 1 aliphatic rings. The van der Waals surface area contributed by atoms with E-state index in [1.54, 1.807) is 0 Å². The first-order valence-corrected chi connectivity index (χ1v) is 8.33. The summed E-state index contributed by atoms with van der Waals surface area (Å²) in [6, 6.07) is 0.693. The number of likely N-dealkylation sites (tertiary alicyclic amines) is 1. The van der Waals surface area contributed by atoms with Gasteiger partial charge in [-0.2, -0.15) is 0 Å². The van der Waals surface area contributed by atoms with Gasteiger partial charge < -0.3 is 10.2 Å². The molecule has 4 heteroatoms. The van der Waals surface area contributed by atoms with Crippen molar-refractivity contribution in [2.45, 2.75) is 45.6 Å². The molecule has 19 heavy (non-hydrogen) atoms. The summed E-state index contributed by atoms with van der Waals surface area (Å²) in [5.74, 6) is 0.818. The number of aryl methyl sites for hydroxylation is 1. The van der Waals surface area contributed by atoms with Gasteiger partial charge in [-0.15, -0.1) is 11.3 Å². The molecule has 3 nitrogen and oxygen atoms in total. The zero-order valence-corrected chi connectivity index (χ0v) is 13.3. The van der Waals surface area contributed by atoms with Gasteiger partial charge in [0.2, 0.25) is 0 Å². The molecular weight excluding hydrogens is 254 g/mol. The Labute approximate surface area is 121 Å². The maximum Gasteiger partial charge on any atom is 0.0930 e. The molecule has 1 unspecified atom stereocenters. The molecule has 1 saturated heterocycles. The highest BCUT2D eigenvalue weighted by Gasteiger charge is 2.24. The smallest absolute Gasteiger partial charge is 0.0930 e. The second kappa shape index (κ2) is 7.36. The molecule has 1 N–H and O–H groups in total. The molecule has 0 spiro atoms. The van der Waals surface area contributed by atoms with Crippen LogP contribution in [-0.4, -0.2) is 42.6 Å². The molecule has 1 aliphatic heterocycles. The Hall–Kier alpha value is -0.450. The van der Waals surface area contributed by atoms with Crippen LogP contribution in [0.25, 0.3) is 0 Å². The van der Waals surface area contributed by atoms with Crippen LogP contribution in [0.5, 0.6) is 0 Å². The van der Waals surface area contributed by atoms with Gasteiger partial charge in [-0.05, 0) is 59.2 Å². The standard InChI is InChI=1S/C15H27N3S/c1-12(2)18-8-6-13(11-18)9-15-17-10-14(19-15)5-4-7-16-3/h10,12-13,16H,4-9,11H2,1-3H3. The zero-order chi connectivity index (χ0) is 13.7. The topological polar surface area (TPSA) is 28.2 Å². The fourth-order valence-electron chi connectivity index (χ4n) is 2.74. The predicted molar refractivity (Wildman–Crippen MR) is 82.9 cm³/mol. The van der Waals surface area contributed by atoms with Crippen LogP contribution in [0.3, 0.4) is 0 Å². The van der Waals surface area contributed by atoms with Gasteiger partial charge in [0.15, 0.2) is 0 Å². The van der Waals surface area contributed by atoms with E-state index in [1.807, 2.05) is 18.4 Å². The zero-order valence-electron chi connectivity index (χ0n) is 12.5. The summed E-state index contributed by atoms with van der Waals surface area (Å²) in [6.07, 6.45) is 6.99. The first kappa shape index (κ1) is 14.9. The lowest BCUT2D eigenvalue weighted by Crippen LogP contribution is -2.28. The first-order chi connectivity index (χ1) is 9.19. The Morgan fingerprint density at radius 3 is 3.05 bits per heavy atom. The van der Waals surface area contributed by atoms with Crippen LogP contribution < -0.4 is 5.32 Å². The third-order valence-electron chi connectivity index (χ3n) is 3.96. The van der Waals surface area contributed by atoms with Gasteiger partial charge in [0.25, 0.3) is 0 Å². The minimum Gasteiger partial charge on any atom is -0.320 e. The van der Waals surface area contributed by atoms with E-state index in [0.717, 1.165) is 12.5 Å². The van der Waals surface area contributed by atoms with Crippen molar-refractivity contribution in [3.63, 3.8) is 0 Å². The summed E-state index contributed by atoms with van der Waals surface area (Å²) >= 11 is 1.92. The van der Waals surface area contributed by atoms with Crippen LogP contribution in [-0.2, 0) is 12.8 Å². The Kier molecular flexibility index (Phi) is 5.79. The number of thiazole rings is 1. The van der Waals surface area contributed by atoms with Gasteiger partial charge in [0, 0.05) is 30.1 Å². The summed E-state index contributed by atoms with van der Waals surface area (Å²) in [5.41, 5.74) is 0. The number of nitrogens with one attached hydrogen (secondary N) is 1. The lowest BCUT2D eigenvalue weighted by Gasteiger charge is -2.19. The minimum absolute atomic E-state index is 0.693. The van der Waals surface area contributed by atoms with Gasteiger partial charge in [-0.3, -0.25) is 0 Å². The van der Waals surface area contributed by atoms with Crippen LogP contribution in [0.15, 0.2) is 6.20 Å². The average Bonchev–Trinajstić information content (AvgIpc) is 3.00. The summed E-state index contributed by atoms with van der Waals surface area (Å²) in [5, 5.41) is 4.54. The molecule has 2 rings (SSSR count). The van der Waals surface area contributed by atoms with E-state index >= 15 is 0 Å². The van der Waals surface area contributed by atoms with Gasteiger partial charge >= 0.3 is 0 Å². The van der Waals surface area contributed by atoms with Crippen molar-refractivity contribution in [3.05, 3.63) is 16.1 Å². The second-order valence-corrected chi connectivity index (χ2v) is 7.07. The van der Waals surface area contributed by atoms with Crippen LogP contribution in [0.1, 0.15) is 36.6 Å². The molecule has 0 radical (unpaired) electrons. The second-order valence-electron chi connectivity index (χ2n) is 5.87. The lowest BCUT2D eigenvalue weighted by molar-refractivity contribution is 0.265. The van der Waals surface area contributed by atoms with E-state index in [-0.39, 0.29) is 0 Å². The van der Waals surface area contributed by atoms with Crippen molar-refractivity contribution in [2.75, 3.05) is 26.7 Å². The highest BCUT2D eigenvalue weighted by atomic mass is 32.1. The van der Waals surface area contributed by atoms with E-state index < -0.39 is 0 Å². The third-order valence-corrected chi connectivity index (χ3v) is 5.04. The van der Waals surface area contributed by atoms with Gasteiger partial charge in [-0.25, -0.2) is 4.98 Å². The monoisotopic (exact) mass is 281 g/mol. The molecule has 1 aromatic rings. The van der Waals surface area contributed by atoms with E-state index in [9.17, 15) is 0 Å². The van der Waals surface area contributed by atoms with Crippen molar-refractivity contribution >= 4 is 11.3 Å². The maximum atomic E-state index is 4.61. The van der Waals surface area contributed by atoms with Crippen molar-refractivity contribution in [1.29, 1.82) is 0 Å². The van der Waals surface area contributed by atoms with Gasteiger partial charge in [0.05, 0.1) is 5.01 Å². The van der Waals surface area contributed by atoms with Crippen molar-refractivity contribution in [3.8, 4) is 0 Å². The summed E-state index contributed by atoms with van der Waals surface area (Å²) in [6.45, 7) is 8.21. The molecule has 0 amide bonds. The lowest BCUT2D eigenvalue weighted by atomic mass is 10.1. The predicted octanol–water partition coefficient (Wildman–Crippen LogP) is 2.57. The molecule has 1 fully saturated rings. The maximum absolute atomic E-state index is 4.61. The van der Waals surface area contributed by atoms with Crippen molar-refractivity contribution < 1.29 is 0 Å². The highest BCUT2D eigenvalue weighted by molar-refractivity contribution is 7.11. The Morgan fingerprint density at radius 2 is 2.37 bits per heavy atom. The van der Waals surface area contributed by atoms with Crippen LogP contribution in [0, 0.1) is 5.92 Å². The third kappa shape index (κ3) is 4.55. The summed E-state index contributed by atoms with van der Waals surface area (Å²) in [7, 11) is 2.01. The molecule has 0 bridgehead atoms. The molecule has 0 aromatic carbocycles. The minimum atomic E-state index is 0.693. The van der Waals surface area contributed by atoms with E-state index in [4.69, 9.17) is 0 Å². The van der Waals surface area contributed by atoms with E-state index in [2.05, 4.69) is 35.2 Å². The van der Waals surface area contributed by atoms with E-state index in [0.29, 0.717) is 6.04 Å². The number of nitrogens with zero attached hydrogens (tertiary/aromatic N) is 2. The summed E-state index contributed by atoms with van der Waals surface area (Å²) in [4.78, 5) is 8.65. The quantitative estimate of drug-likeness (QED) is 0.779. The largest absolute Gasteiger partial charge is 0.320 e. The molecule has 0 aliphatic carbocycles.